The van der Waals surface area contributed by atoms with Gasteiger partial charge in [-0.3, -0.25) is 9.59 Å². The molecule has 0 spiro atoms. The summed E-state index contributed by atoms with van der Waals surface area (Å²) in [5.41, 5.74) is 0.991. The second kappa shape index (κ2) is 3.46. The average molecular weight is 208 g/mol. The maximum atomic E-state index is 12.9. The molecule has 78 valence electrons. The van der Waals surface area contributed by atoms with E-state index in [4.69, 9.17) is 5.11 Å². The third kappa shape index (κ3) is 1.75. The average Bonchev–Trinajstić information content (AvgIpc) is 2.42. The van der Waals surface area contributed by atoms with Gasteiger partial charge >= 0.3 is 5.97 Å². The molecule has 1 atom stereocenters. The van der Waals surface area contributed by atoms with Gasteiger partial charge in [-0.25, -0.2) is 4.39 Å². The van der Waals surface area contributed by atoms with E-state index in [0.717, 1.165) is 0 Å². The molecule has 0 unspecified atom stereocenters. The summed E-state index contributed by atoms with van der Waals surface area (Å²) in [6.45, 7) is 0. The Morgan fingerprint density at radius 2 is 2.27 bits per heavy atom. The van der Waals surface area contributed by atoms with Crippen molar-refractivity contribution in [2.45, 2.75) is 18.8 Å². The van der Waals surface area contributed by atoms with Gasteiger partial charge < -0.3 is 5.11 Å². The number of carboxylic acids is 1. The van der Waals surface area contributed by atoms with Crippen molar-refractivity contribution in [3.8, 4) is 0 Å². The van der Waals surface area contributed by atoms with Crippen LogP contribution in [-0.2, 0) is 4.79 Å². The van der Waals surface area contributed by atoms with Gasteiger partial charge in [0.1, 0.15) is 5.82 Å². The van der Waals surface area contributed by atoms with E-state index >= 15 is 0 Å². The van der Waals surface area contributed by atoms with Gasteiger partial charge in [-0.2, -0.15) is 0 Å². The van der Waals surface area contributed by atoms with Gasteiger partial charge in [0.2, 0.25) is 0 Å². The minimum absolute atomic E-state index is 0.101. The highest BCUT2D eigenvalue weighted by atomic mass is 19.1. The molecule has 0 amide bonds. The van der Waals surface area contributed by atoms with Crippen LogP contribution in [0.5, 0.6) is 0 Å². The molecule has 1 aliphatic carbocycles. The van der Waals surface area contributed by atoms with Crippen molar-refractivity contribution in [3.05, 3.63) is 35.1 Å². The Morgan fingerprint density at radius 3 is 2.93 bits per heavy atom. The van der Waals surface area contributed by atoms with Crippen LogP contribution in [0.15, 0.2) is 18.2 Å². The molecule has 15 heavy (non-hydrogen) atoms. The van der Waals surface area contributed by atoms with Crippen molar-refractivity contribution < 1.29 is 19.1 Å². The highest BCUT2D eigenvalue weighted by molar-refractivity contribution is 6.01. The quantitative estimate of drug-likeness (QED) is 0.808. The van der Waals surface area contributed by atoms with Crippen molar-refractivity contribution in [2.75, 3.05) is 0 Å². The second-order valence-corrected chi connectivity index (χ2v) is 3.65. The molecule has 3 nitrogen and oxygen atoms in total. The van der Waals surface area contributed by atoms with Crippen molar-refractivity contribution in [2.24, 2.45) is 0 Å². The Hall–Kier alpha value is -1.71. The monoisotopic (exact) mass is 208 g/mol. The summed E-state index contributed by atoms with van der Waals surface area (Å²) in [6, 6.07) is 3.91. The minimum Gasteiger partial charge on any atom is -0.481 e. The van der Waals surface area contributed by atoms with E-state index in [1.165, 1.54) is 18.2 Å². The summed E-state index contributed by atoms with van der Waals surface area (Å²) in [5, 5.41) is 8.65. The van der Waals surface area contributed by atoms with Gasteiger partial charge in [0.15, 0.2) is 5.78 Å². The predicted molar refractivity (Wildman–Crippen MR) is 50.3 cm³/mol. The lowest BCUT2D eigenvalue weighted by molar-refractivity contribution is -0.137. The third-order valence-electron chi connectivity index (χ3n) is 2.61. The zero-order valence-electron chi connectivity index (χ0n) is 7.87. The number of hydrogen-bond acceptors (Lipinski definition) is 2. The van der Waals surface area contributed by atoms with Gasteiger partial charge in [-0.15, -0.1) is 0 Å². The van der Waals surface area contributed by atoms with Crippen molar-refractivity contribution >= 4 is 11.8 Å². The van der Waals surface area contributed by atoms with Gasteiger partial charge in [0, 0.05) is 17.9 Å². The summed E-state index contributed by atoms with van der Waals surface area (Å²) in [7, 11) is 0. The zero-order valence-corrected chi connectivity index (χ0v) is 7.87. The number of carbonyl (C=O) groups is 2. The van der Waals surface area contributed by atoms with E-state index in [-0.39, 0.29) is 24.5 Å². The molecule has 1 aromatic carbocycles. The first-order chi connectivity index (χ1) is 7.08. The summed E-state index contributed by atoms with van der Waals surface area (Å²) >= 11 is 0. The third-order valence-corrected chi connectivity index (χ3v) is 2.61. The number of fused-ring (bicyclic) bond motifs is 1. The highest BCUT2D eigenvalue weighted by Crippen LogP contribution is 2.35. The number of hydrogen-bond donors (Lipinski definition) is 1. The van der Waals surface area contributed by atoms with Crippen molar-refractivity contribution in [1.82, 2.24) is 0 Å². The van der Waals surface area contributed by atoms with E-state index < -0.39 is 11.8 Å². The summed E-state index contributed by atoms with van der Waals surface area (Å²) < 4.78 is 12.9. The number of ketones is 1. The largest absolute Gasteiger partial charge is 0.481 e. The molecular weight excluding hydrogens is 199 g/mol. The van der Waals surface area contributed by atoms with E-state index in [1.54, 1.807) is 0 Å². The van der Waals surface area contributed by atoms with Crippen LogP contribution in [0.3, 0.4) is 0 Å². The maximum Gasteiger partial charge on any atom is 0.303 e. The second-order valence-electron chi connectivity index (χ2n) is 3.65. The van der Waals surface area contributed by atoms with Gasteiger partial charge in [0.25, 0.3) is 0 Å². The van der Waals surface area contributed by atoms with Crippen LogP contribution in [0.25, 0.3) is 0 Å². The van der Waals surface area contributed by atoms with Crippen LogP contribution in [-0.4, -0.2) is 16.9 Å². The Kier molecular flexibility index (Phi) is 2.26. The molecule has 1 aliphatic rings. The fourth-order valence-corrected chi connectivity index (χ4v) is 1.96. The summed E-state index contributed by atoms with van der Waals surface area (Å²) in [4.78, 5) is 22.0. The molecule has 0 aromatic heterocycles. The van der Waals surface area contributed by atoms with Crippen molar-refractivity contribution in [3.63, 3.8) is 0 Å². The zero-order chi connectivity index (χ0) is 11.0. The fourth-order valence-electron chi connectivity index (χ4n) is 1.96. The lowest BCUT2D eigenvalue weighted by Gasteiger charge is -2.06. The number of aliphatic carboxylic acids is 1. The molecular formula is C11H9FO3. The van der Waals surface area contributed by atoms with Crippen LogP contribution in [0.1, 0.15) is 34.7 Å². The summed E-state index contributed by atoms with van der Waals surface area (Å²) in [6.07, 6.45) is 0.0489. The molecule has 1 aromatic rings. The lowest BCUT2D eigenvalue weighted by atomic mass is 9.98. The summed E-state index contributed by atoms with van der Waals surface area (Å²) in [5.74, 6) is -1.87. The SMILES string of the molecule is O=C(O)C[C@@H]1CC(=O)c2ccc(F)cc21. The number of Topliss-reactive ketones (excluding diaryl/α,β-unsaturated/α-hetero) is 1. The molecule has 0 radical (unpaired) electrons. The van der Waals surface area contributed by atoms with E-state index in [9.17, 15) is 14.0 Å². The fraction of sp³-hybridized carbons (Fsp3) is 0.273. The van der Waals surface area contributed by atoms with Crippen molar-refractivity contribution in [1.29, 1.82) is 0 Å². The number of carbonyl (C=O) groups excluding carboxylic acids is 1. The van der Waals surface area contributed by atoms with E-state index in [0.29, 0.717) is 11.1 Å². The minimum atomic E-state index is -0.968. The van der Waals surface area contributed by atoms with E-state index in [1.807, 2.05) is 0 Å². The normalized spacial score (nSPS) is 19.0. The van der Waals surface area contributed by atoms with Crippen LogP contribution in [0.2, 0.25) is 0 Å². The Balaban J connectivity index is 2.39. The number of benzene rings is 1. The Morgan fingerprint density at radius 1 is 1.53 bits per heavy atom. The molecule has 4 heteroatoms. The number of carboxylic acid groups (broad SMARTS) is 1. The van der Waals surface area contributed by atoms with Crippen LogP contribution in [0, 0.1) is 5.82 Å². The van der Waals surface area contributed by atoms with Gasteiger partial charge in [-0.1, -0.05) is 0 Å². The molecule has 0 saturated heterocycles. The topological polar surface area (TPSA) is 54.4 Å². The first-order valence-corrected chi connectivity index (χ1v) is 4.62. The predicted octanol–water partition coefficient (Wildman–Crippen LogP) is 1.97. The van der Waals surface area contributed by atoms with Crippen LogP contribution < -0.4 is 0 Å². The Bertz CT molecular complexity index is 437. The van der Waals surface area contributed by atoms with E-state index in [2.05, 4.69) is 0 Å². The first kappa shape index (κ1) is 9.83. The molecule has 0 fully saturated rings. The standard InChI is InChI=1S/C11H9FO3/c12-7-1-2-8-9(5-7)6(3-10(8)13)4-11(14)15/h1-2,5-6H,3-4H2,(H,14,15)/t6-/m0/s1. The molecule has 1 N–H and O–H groups in total. The highest BCUT2D eigenvalue weighted by Gasteiger charge is 2.30. The number of rotatable bonds is 2. The molecule has 2 rings (SSSR count). The number of halogens is 1. The molecule has 0 heterocycles. The lowest BCUT2D eigenvalue weighted by Crippen LogP contribution is -2.03. The van der Waals surface area contributed by atoms with Gasteiger partial charge in [-0.05, 0) is 23.8 Å². The molecule has 0 saturated carbocycles. The molecule has 0 bridgehead atoms. The maximum absolute atomic E-state index is 12.9. The smallest absolute Gasteiger partial charge is 0.303 e. The first-order valence-electron chi connectivity index (χ1n) is 4.62. The van der Waals surface area contributed by atoms with Crippen LogP contribution in [0.4, 0.5) is 4.39 Å². The van der Waals surface area contributed by atoms with Gasteiger partial charge in [0.05, 0.1) is 6.42 Å². The molecule has 0 aliphatic heterocycles. The van der Waals surface area contributed by atoms with Crippen LogP contribution >= 0.6 is 0 Å². The Labute approximate surface area is 85.5 Å².